The van der Waals surface area contributed by atoms with E-state index in [2.05, 4.69) is 21.2 Å². The smallest absolute Gasteiger partial charge is 0.228 e. The number of carbonyl (C=O) groups is 1. The molecule has 98 valence electrons. The maximum atomic E-state index is 11.9. The first kappa shape index (κ1) is 13.6. The van der Waals surface area contributed by atoms with Gasteiger partial charge in [-0.2, -0.15) is 0 Å². The number of hydrogen-bond donors (Lipinski definition) is 2. The number of nitrogens with one attached hydrogen (secondary N) is 1. The fourth-order valence-electron chi connectivity index (χ4n) is 1.87. The molecule has 0 saturated carbocycles. The highest BCUT2D eigenvalue weighted by atomic mass is 79.9. The van der Waals surface area contributed by atoms with Crippen molar-refractivity contribution in [2.24, 2.45) is 0 Å². The molecule has 3 nitrogen and oxygen atoms in total. The fraction of sp³-hybridized carbons (Fsp3) is 0.133. The van der Waals surface area contributed by atoms with Gasteiger partial charge in [0.2, 0.25) is 5.91 Å². The summed E-state index contributed by atoms with van der Waals surface area (Å²) < 4.78 is 0.931. The van der Waals surface area contributed by atoms with Crippen LogP contribution in [0.5, 0.6) is 5.75 Å². The van der Waals surface area contributed by atoms with Gasteiger partial charge in [0.15, 0.2) is 0 Å². The number of anilines is 1. The monoisotopic (exact) mass is 319 g/mol. The van der Waals surface area contributed by atoms with E-state index in [1.54, 1.807) is 18.2 Å². The Morgan fingerprint density at radius 2 is 2.05 bits per heavy atom. The lowest BCUT2D eigenvalue weighted by molar-refractivity contribution is -0.115. The lowest BCUT2D eigenvalue weighted by Crippen LogP contribution is -2.14. The molecular weight excluding hydrogens is 306 g/mol. The molecule has 0 aliphatic rings. The third-order valence-electron chi connectivity index (χ3n) is 2.60. The van der Waals surface area contributed by atoms with Crippen molar-refractivity contribution in [1.29, 1.82) is 0 Å². The zero-order chi connectivity index (χ0) is 13.8. The summed E-state index contributed by atoms with van der Waals surface area (Å²) in [6.07, 6.45) is 0.236. The Hall–Kier alpha value is -1.81. The third kappa shape index (κ3) is 4.10. The Bertz CT molecular complexity index is 591. The highest BCUT2D eigenvalue weighted by molar-refractivity contribution is 9.10. The average Bonchev–Trinajstić information content (AvgIpc) is 2.26. The highest BCUT2D eigenvalue weighted by Gasteiger charge is 2.05. The standard InChI is InChI=1S/C15H14BrNO2/c1-10-5-12(16)9-13(6-10)17-15(19)8-11-3-2-4-14(18)7-11/h2-7,9,18H,8H2,1H3,(H,17,19). The van der Waals surface area contributed by atoms with Crippen LogP contribution in [0.3, 0.4) is 0 Å². The molecule has 2 rings (SSSR count). The average molecular weight is 320 g/mol. The number of carbonyl (C=O) groups excluding carboxylic acids is 1. The van der Waals surface area contributed by atoms with Gasteiger partial charge in [-0.05, 0) is 48.4 Å². The molecule has 0 bridgehead atoms. The Morgan fingerprint density at radius 3 is 2.74 bits per heavy atom. The van der Waals surface area contributed by atoms with Gasteiger partial charge in [-0.1, -0.05) is 28.1 Å². The van der Waals surface area contributed by atoms with Crippen LogP contribution in [0.4, 0.5) is 5.69 Å². The van der Waals surface area contributed by atoms with Crippen LogP contribution in [-0.2, 0) is 11.2 Å². The van der Waals surface area contributed by atoms with Crippen LogP contribution in [0, 0.1) is 6.92 Å². The van der Waals surface area contributed by atoms with Gasteiger partial charge in [-0.25, -0.2) is 0 Å². The number of benzene rings is 2. The van der Waals surface area contributed by atoms with Crippen molar-refractivity contribution in [3.8, 4) is 5.75 Å². The van der Waals surface area contributed by atoms with Crippen LogP contribution in [0.2, 0.25) is 0 Å². The summed E-state index contributed by atoms with van der Waals surface area (Å²) in [4.78, 5) is 11.9. The summed E-state index contributed by atoms with van der Waals surface area (Å²) in [6.45, 7) is 1.97. The molecule has 2 aromatic carbocycles. The second kappa shape index (κ2) is 5.89. The highest BCUT2D eigenvalue weighted by Crippen LogP contribution is 2.19. The summed E-state index contributed by atoms with van der Waals surface area (Å²) >= 11 is 3.39. The molecule has 0 heterocycles. The topological polar surface area (TPSA) is 49.3 Å². The summed E-state index contributed by atoms with van der Waals surface area (Å²) in [7, 11) is 0. The van der Waals surface area contributed by atoms with Crippen LogP contribution in [0.1, 0.15) is 11.1 Å². The van der Waals surface area contributed by atoms with Gasteiger partial charge >= 0.3 is 0 Å². The van der Waals surface area contributed by atoms with Gasteiger partial charge in [0.05, 0.1) is 6.42 Å². The third-order valence-corrected chi connectivity index (χ3v) is 3.06. The van der Waals surface area contributed by atoms with E-state index < -0.39 is 0 Å². The molecule has 2 aromatic rings. The van der Waals surface area contributed by atoms with Crippen LogP contribution in [0.15, 0.2) is 46.9 Å². The van der Waals surface area contributed by atoms with Gasteiger partial charge in [0.25, 0.3) is 0 Å². The first-order valence-corrected chi connectivity index (χ1v) is 6.67. The van der Waals surface area contributed by atoms with Crippen LogP contribution >= 0.6 is 15.9 Å². The fourth-order valence-corrected chi connectivity index (χ4v) is 2.47. The van der Waals surface area contributed by atoms with E-state index in [1.165, 1.54) is 0 Å². The van der Waals surface area contributed by atoms with Gasteiger partial charge in [0.1, 0.15) is 5.75 Å². The quantitative estimate of drug-likeness (QED) is 0.907. The number of amides is 1. The van der Waals surface area contributed by atoms with Crippen molar-refractivity contribution in [2.45, 2.75) is 13.3 Å². The largest absolute Gasteiger partial charge is 0.508 e. The van der Waals surface area contributed by atoms with Crippen LogP contribution in [0.25, 0.3) is 0 Å². The molecule has 19 heavy (non-hydrogen) atoms. The maximum absolute atomic E-state index is 11.9. The Labute approximate surface area is 120 Å². The molecule has 0 radical (unpaired) electrons. The molecule has 0 atom stereocenters. The second-order valence-electron chi connectivity index (χ2n) is 4.41. The Balaban J connectivity index is 2.05. The zero-order valence-corrected chi connectivity index (χ0v) is 12.1. The van der Waals surface area contributed by atoms with E-state index in [0.29, 0.717) is 0 Å². The molecule has 0 fully saturated rings. The molecule has 2 N–H and O–H groups in total. The summed E-state index contributed by atoms with van der Waals surface area (Å²) in [5, 5.41) is 12.2. The molecule has 0 aliphatic carbocycles. The molecule has 0 unspecified atom stereocenters. The number of phenolic OH excluding ortho intramolecular Hbond substituents is 1. The molecule has 0 aromatic heterocycles. The summed E-state index contributed by atoms with van der Waals surface area (Å²) in [5.41, 5.74) is 2.61. The number of halogens is 1. The molecule has 1 amide bonds. The van der Waals surface area contributed by atoms with Crippen LogP contribution in [-0.4, -0.2) is 11.0 Å². The van der Waals surface area contributed by atoms with Crippen molar-refractivity contribution in [3.63, 3.8) is 0 Å². The lowest BCUT2D eigenvalue weighted by atomic mass is 10.1. The van der Waals surface area contributed by atoms with E-state index in [1.807, 2.05) is 31.2 Å². The summed E-state index contributed by atoms with van der Waals surface area (Å²) in [5.74, 6) is 0.0618. The van der Waals surface area contributed by atoms with E-state index in [0.717, 1.165) is 21.3 Å². The minimum absolute atomic E-state index is 0.108. The van der Waals surface area contributed by atoms with E-state index >= 15 is 0 Å². The molecule has 0 aliphatic heterocycles. The minimum Gasteiger partial charge on any atom is -0.508 e. The van der Waals surface area contributed by atoms with E-state index in [-0.39, 0.29) is 18.1 Å². The van der Waals surface area contributed by atoms with Gasteiger partial charge in [-0.3, -0.25) is 4.79 Å². The summed E-state index contributed by atoms with van der Waals surface area (Å²) in [6, 6.07) is 12.4. The van der Waals surface area contributed by atoms with E-state index in [9.17, 15) is 9.90 Å². The molecule has 0 saturated heterocycles. The molecular formula is C15H14BrNO2. The first-order chi connectivity index (χ1) is 9.02. The molecule has 4 heteroatoms. The first-order valence-electron chi connectivity index (χ1n) is 5.88. The predicted octanol–water partition coefficient (Wildman–Crippen LogP) is 3.64. The Kier molecular flexibility index (Phi) is 4.22. The second-order valence-corrected chi connectivity index (χ2v) is 5.33. The number of phenols is 1. The molecule has 0 spiro atoms. The van der Waals surface area contributed by atoms with Crippen molar-refractivity contribution in [1.82, 2.24) is 0 Å². The lowest BCUT2D eigenvalue weighted by Gasteiger charge is -2.07. The zero-order valence-electron chi connectivity index (χ0n) is 10.5. The van der Waals surface area contributed by atoms with Crippen molar-refractivity contribution >= 4 is 27.5 Å². The predicted molar refractivity (Wildman–Crippen MR) is 79.3 cm³/mol. The number of aromatic hydroxyl groups is 1. The number of hydrogen-bond acceptors (Lipinski definition) is 2. The van der Waals surface area contributed by atoms with Crippen molar-refractivity contribution < 1.29 is 9.90 Å². The van der Waals surface area contributed by atoms with Gasteiger partial charge < -0.3 is 10.4 Å². The van der Waals surface area contributed by atoms with Crippen molar-refractivity contribution in [2.75, 3.05) is 5.32 Å². The van der Waals surface area contributed by atoms with Crippen molar-refractivity contribution in [3.05, 3.63) is 58.1 Å². The van der Waals surface area contributed by atoms with Gasteiger partial charge in [-0.15, -0.1) is 0 Å². The SMILES string of the molecule is Cc1cc(Br)cc(NC(=O)Cc2cccc(O)c2)c1. The van der Waals surface area contributed by atoms with E-state index in [4.69, 9.17) is 0 Å². The maximum Gasteiger partial charge on any atom is 0.228 e. The Morgan fingerprint density at radius 1 is 1.26 bits per heavy atom. The van der Waals surface area contributed by atoms with Gasteiger partial charge in [0, 0.05) is 10.2 Å². The minimum atomic E-state index is -0.108. The number of rotatable bonds is 3. The number of aryl methyl sites for hydroxylation is 1. The van der Waals surface area contributed by atoms with Crippen LogP contribution < -0.4 is 5.32 Å². The normalized spacial score (nSPS) is 10.2.